The Morgan fingerprint density at radius 3 is 2.36 bits per heavy atom. The molecule has 0 fully saturated rings. The summed E-state index contributed by atoms with van der Waals surface area (Å²) in [5, 5.41) is 6.84. The van der Waals surface area contributed by atoms with E-state index in [-0.39, 0.29) is 18.4 Å². The molecule has 0 radical (unpaired) electrons. The predicted molar refractivity (Wildman–Crippen MR) is 86.1 cm³/mol. The van der Waals surface area contributed by atoms with Gasteiger partial charge in [-0.2, -0.15) is 11.3 Å². The summed E-state index contributed by atoms with van der Waals surface area (Å²) in [6.45, 7) is 0.215. The Morgan fingerprint density at radius 2 is 1.73 bits per heavy atom. The summed E-state index contributed by atoms with van der Waals surface area (Å²) in [5.74, 6) is -0.489. The van der Waals surface area contributed by atoms with E-state index in [1.165, 1.54) is 16.2 Å². The van der Waals surface area contributed by atoms with Gasteiger partial charge in [0.1, 0.15) is 5.01 Å². The van der Waals surface area contributed by atoms with Gasteiger partial charge in [0.15, 0.2) is 0 Å². The molecule has 3 aromatic rings. The lowest BCUT2D eigenvalue weighted by Crippen LogP contribution is -2.29. The number of amides is 2. The zero-order valence-electron chi connectivity index (χ0n) is 11.4. The largest absolute Gasteiger partial charge is 0.269 e. The number of thiazole rings is 1. The van der Waals surface area contributed by atoms with Crippen LogP contribution in [0.25, 0.3) is 10.6 Å². The summed E-state index contributed by atoms with van der Waals surface area (Å²) in [6.07, 6.45) is 0. The third kappa shape index (κ3) is 2.08. The number of aromatic nitrogens is 1. The minimum absolute atomic E-state index is 0.215. The average Bonchev–Trinajstić information content (AvgIpc) is 3.25. The SMILES string of the molecule is O=C1c2ccccc2C(=O)N1Cc1csc(-c2ccsc2)n1. The second kappa shape index (κ2) is 5.15. The van der Waals surface area contributed by atoms with Crippen LogP contribution in [0.15, 0.2) is 46.5 Å². The highest BCUT2D eigenvalue weighted by Crippen LogP contribution is 2.28. The molecule has 1 aliphatic heterocycles. The highest BCUT2D eigenvalue weighted by atomic mass is 32.1. The Labute approximate surface area is 134 Å². The van der Waals surface area contributed by atoms with Crippen molar-refractivity contribution in [2.24, 2.45) is 0 Å². The number of hydrogen-bond acceptors (Lipinski definition) is 5. The van der Waals surface area contributed by atoms with Crippen LogP contribution < -0.4 is 0 Å². The number of thiophene rings is 1. The topological polar surface area (TPSA) is 50.3 Å². The first-order chi connectivity index (χ1) is 10.7. The standard InChI is InChI=1S/C16H10N2O2S2/c19-15-12-3-1-2-4-13(12)16(20)18(15)7-11-9-22-14(17-11)10-5-6-21-8-10/h1-6,8-9H,7H2. The van der Waals surface area contributed by atoms with Gasteiger partial charge in [-0.3, -0.25) is 14.5 Å². The lowest BCUT2D eigenvalue weighted by atomic mass is 10.1. The van der Waals surface area contributed by atoms with E-state index in [2.05, 4.69) is 4.98 Å². The molecule has 0 unspecified atom stereocenters. The number of rotatable bonds is 3. The summed E-state index contributed by atoms with van der Waals surface area (Å²) in [7, 11) is 0. The summed E-state index contributed by atoms with van der Waals surface area (Å²) in [5.41, 5.74) is 2.76. The van der Waals surface area contributed by atoms with Gasteiger partial charge in [0, 0.05) is 16.3 Å². The van der Waals surface area contributed by atoms with Crippen LogP contribution in [0, 0.1) is 0 Å². The Morgan fingerprint density at radius 1 is 1.00 bits per heavy atom. The van der Waals surface area contributed by atoms with Gasteiger partial charge in [-0.05, 0) is 23.6 Å². The maximum atomic E-state index is 12.3. The quantitative estimate of drug-likeness (QED) is 0.690. The summed E-state index contributed by atoms with van der Waals surface area (Å²) in [6, 6.07) is 8.92. The minimum Gasteiger partial charge on any atom is -0.269 e. The normalized spacial score (nSPS) is 13.7. The van der Waals surface area contributed by atoms with Crippen molar-refractivity contribution < 1.29 is 9.59 Å². The molecule has 1 aromatic carbocycles. The first-order valence-corrected chi connectivity index (χ1v) is 8.48. The molecule has 3 heterocycles. The molecular weight excluding hydrogens is 316 g/mol. The fourth-order valence-electron chi connectivity index (χ4n) is 2.44. The monoisotopic (exact) mass is 326 g/mol. The van der Waals surface area contributed by atoms with Crippen molar-refractivity contribution in [3.8, 4) is 10.6 Å². The number of hydrogen-bond donors (Lipinski definition) is 0. The van der Waals surface area contributed by atoms with Crippen LogP contribution in [0.4, 0.5) is 0 Å². The molecule has 1 aliphatic rings. The van der Waals surface area contributed by atoms with Gasteiger partial charge < -0.3 is 0 Å². The summed E-state index contributed by atoms with van der Waals surface area (Å²) >= 11 is 3.14. The second-order valence-corrected chi connectivity index (χ2v) is 6.54. The fourth-order valence-corrected chi connectivity index (χ4v) is 3.97. The number of carbonyl (C=O) groups is 2. The minimum atomic E-state index is -0.245. The van der Waals surface area contributed by atoms with Crippen LogP contribution >= 0.6 is 22.7 Å². The number of fused-ring (bicyclic) bond motifs is 1. The van der Waals surface area contributed by atoms with Crippen molar-refractivity contribution >= 4 is 34.5 Å². The van der Waals surface area contributed by atoms with Gasteiger partial charge in [-0.25, -0.2) is 4.98 Å². The maximum absolute atomic E-state index is 12.3. The Bertz CT molecular complexity index is 833. The molecular formula is C16H10N2O2S2. The molecule has 2 amide bonds. The van der Waals surface area contributed by atoms with Crippen molar-refractivity contribution in [1.82, 2.24) is 9.88 Å². The van der Waals surface area contributed by atoms with Crippen molar-refractivity contribution in [2.75, 3.05) is 0 Å². The molecule has 2 aromatic heterocycles. The first kappa shape index (κ1) is 13.4. The van der Waals surface area contributed by atoms with Gasteiger partial charge in [0.25, 0.3) is 11.8 Å². The van der Waals surface area contributed by atoms with Gasteiger partial charge in [0.2, 0.25) is 0 Å². The molecule has 0 aliphatic carbocycles. The van der Waals surface area contributed by atoms with Gasteiger partial charge in [-0.15, -0.1) is 11.3 Å². The zero-order valence-corrected chi connectivity index (χ0v) is 13.0. The van der Waals surface area contributed by atoms with E-state index in [1.54, 1.807) is 35.6 Å². The molecule has 0 atom stereocenters. The summed E-state index contributed by atoms with van der Waals surface area (Å²) in [4.78, 5) is 30.4. The first-order valence-electron chi connectivity index (χ1n) is 6.66. The Balaban J connectivity index is 1.60. The number of carbonyl (C=O) groups excluding carboxylic acids is 2. The molecule has 0 saturated heterocycles. The Kier molecular flexibility index (Phi) is 3.13. The highest BCUT2D eigenvalue weighted by molar-refractivity contribution is 7.14. The third-order valence-electron chi connectivity index (χ3n) is 3.52. The van der Waals surface area contributed by atoms with Gasteiger partial charge >= 0.3 is 0 Å². The number of nitrogens with zero attached hydrogens (tertiary/aromatic N) is 2. The van der Waals surface area contributed by atoms with E-state index in [0.717, 1.165) is 16.3 Å². The number of benzene rings is 1. The smallest absolute Gasteiger partial charge is 0.261 e. The van der Waals surface area contributed by atoms with Crippen molar-refractivity contribution in [2.45, 2.75) is 6.54 Å². The van der Waals surface area contributed by atoms with Crippen LogP contribution in [-0.2, 0) is 6.54 Å². The molecule has 0 saturated carbocycles. The van der Waals surface area contributed by atoms with Crippen molar-refractivity contribution in [3.63, 3.8) is 0 Å². The van der Waals surface area contributed by atoms with E-state index in [1.807, 2.05) is 22.2 Å². The molecule has 4 nitrogen and oxygen atoms in total. The van der Waals surface area contributed by atoms with E-state index in [9.17, 15) is 9.59 Å². The molecule has 4 rings (SSSR count). The van der Waals surface area contributed by atoms with Gasteiger partial charge in [0.05, 0.1) is 23.4 Å². The Hall–Kier alpha value is -2.31. The fraction of sp³-hybridized carbons (Fsp3) is 0.0625. The van der Waals surface area contributed by atoms with Crippen molar-refractivity contribution in [3.05, 3.63) is 63.3 Å². The van der Waals surface area contributed by atoms with Crippen LogP contribution in [0.3, 0.4) is 0 Å². The number of imide groups is 1. The van der Waals surface area contributed by atoms with E-state index in [0.29, 0.717) is 11.1 Å². The van der Waals surface area contributed by atoms with Crippen LogP contribution in [-0.4, -0.2) is 21.7 Å². The molecule has 0 spiro atoms. The van der Waals surface area contributed by atoms with E-state index in [4.69, 9.17) is 0 Å². The van der Waals surface area contributed by atoms with Crippen molar-refractivity contribution in [1.29, 1.82) is 0 Å². The van der Waals surface area contributed by atoms with Crippen LogP contribution in [0.2, 0.25) is 0 Å². The molecule has 108 valence electrons. The van der Waals surface area contributed by atoms with Gasteiger partial charge in [-0.1, -0.05) is 12.1 Å². The predicted octanol–water partition coefficient (Wildman–Crippen LogP) is 3.67. The maximum Gasteiger partial charge on any atom is 0.261 e. The molecule has 6 heteroatoms. The molecule has 22 heavy (non-hydrogen) atoms. The molecule has 0 bridgehead atoms. The second-order valence-electron chi connectivity index (χ2n) is 4.90. The van der Waals surface area contributed by atoms with E-state index >= 15 is 0 Å². The highest BCUT2D eigenvalue weighted by Gasteiger charge is 2.35. The van der Waals surface area contributed by atoms with Crippen LogP contribution in [0.1, 0.15) is 26.4 Å². The molecule has 0 N–H and O–H groups in total. The average molecular weight is 326 g/mol. The lowest BCUT2D eigenvalue weighted by Gasteiger charge is -2.11. The summed E-state index contributed by atoms with van der Waals surface area (Å²) < 4.78 is 0. The lowest BCUT2D eigenvalue weighted by molar-refractivity contribution is 0.0640. The third-order valence-corrected chi connectivity index (χ3v) is 5.14. The zero-order chi connectivity index (χ0) is 15.1. The van der Waals surface area contributed by atoms with E-state index < -0.39 is 0 Å². The van der Waals surface area contributed by atoms with Crippen LogP contribution in [0.5, 0.6) is 0 Å².